The zero-order valence-electron chi connectivity index (χ0n) is 8.98. The standard InChI is InChI=1S/C10H11N3O3/c1-13-6-7(4-3-5-8(11)14)12-9(13)10(15)16-2/h6H,5H2,1-2H3,(H2,11,14). The van der Waals surface area contributed by atoms with Crippen LogP contribution in [-0.4, -0.2) is 28.5 Å². The molecule has 0 saturated carbocycles. The van der Waals surface area contributed by atoms with E-state index >= 15 is 0 Å². The topological polar surface area (TPSA) is 87.2 Å². The van der Waals surface area contributed by atoms with Gasteiger partial charge in [-0.25, -0.2) is 9.78 Å². The van der Waals surface area contributed by atoms with E-state index in [0.717, 1.165) is 0 Å². The van der Waals surface area contributed by atoms with Crippen LogP contribution in [0, 0.1) is 11.8 Å². The first-order chi connectivity index (χ1) is 7.54. The van der Waals surface area contributed by atoms with Crippen LogP contribution in [-0.2, 0) is 16.6 Å². The number of aryl methyl sites for hydroxylation is 1. The summed E-state index contributed by atoms with van der Waals surface area (Å²) >= 11 is 0. The van der Waals surface area contributed by atoms with Crippen molar-refractivity contribution in [1.29, 1.82) is 0 Å². The van der Waals surface area contributed by atoms with Crippen LogP contribution in [0.3, 0.4) is 0 Å². The van der Waals surface area contributed by atoms with Gasteiger partial charge >= 0.3 is 5.97 Å². The van der Waals surface area contributed by atoms with Gasteiger partial charge in [0, 0.05) is 13.2 Å². The number of nitrogens with zero attached hydrogens (tertiary/aromatic N) is 2. The predicted molar refractivity (Wildman–Crippen MR) is 55.2 cm³/mol. The van der Waals surface area contributed by atoms with Gasteiger partial charge in [0.15, 0.2) is 0 Å². The first-order valence-electron chi connectivity index (χ1n) is 4.43. The number of amides is 1. The van der Waals surface area contributed by atoms with E-state index in [1.165, 1.54) is 11.7 Å². The highest BCUT2D eigenvalue weighted by molar-refractivity contribution is 5.85. The van der Waals surface area contributed by atoms with Crippen LogP contribution >= 0.6 is 0 Å². The van der Waals surface area contributed by atoms with Crippen LogP contribution in [0.2, 0.25) is 0 Å². The summed E-state index contributed by atoms with van der Waals surface area (Å²) in [6.07, 6.45) is 1.53. The smallest absolute Gasteiger partial charge is 0.374 e. The lowest BCUT2D eigenvalue weighted by Gasteiger charge is -1.96. The number of hydrogen-bond donors (Lipinski definition) is 1. The first kappa shape index (κ1) is 11.8. The minimum absolute atomic E-state index is 0.0376. The molecule has 6 heteroatoms. The van der Waals surface area contributed by atoms with Gasteiger partial charge < -0.3 is 15.0 Å². The summed E-state index contributed by atoms with van der Waals surface area (Å²) in [6.45, 7) is 0. The Bertz CT molecular complexity index is 479. The van der Waals surface area contributed by atoms with Crippen molar-refractivity contribution in [2.75, 3.05) is 7.11 Å². The molecule has 2 N–H and O–H groups in total. The monoisotopic (exact) mass is 221 g/mol. The number of esters is 1. The third kappa shape index (κ3) is 2.85. The Morgan fingerprint density at radius 1 is 1.62 bits per heavy atom. The van der Waals surface area contributed by atoms with Crippen molar-refractivity contribution in [2.24, 2.45) is 12.8 Å². The molecule has 1 aromatic rings. The average molecular weight is 221 g/mol. The van der Waals surface area contributed by atoms with Crippen molar-refractivity contribution in [3.05, 3.63) is 17.7 Å². The predicted octanol–water partition coefficient (Wildman–Crippen LogP) is -0.566. The van der Waals surface area contributed by atoms with Crippen molar-refractivity contribution in [3.8, 4) is 11.8 Å². The van der Waals surface area contributed by atoms with E-state index in [4.69, 9.17) is 5.73 Å². The lowest BCUT2D eigenvalue weighted by Crippen LogP contribution is -2.08. The largest absolute Gasteiger partial charge is 0.463 e. The number of rotatable bonds is 2. The SMILES string of the molecule is COC(=O)c1nc(C#CCC(N)=O)cn1C. The second kappa shape index (κ2) is 4.98. The van der Waals surface area contributed by atoms with Gasteiger partial charge in [0.05, 0.1) is 13.5 Å². The van der Waals surface area contributed by atoms with E-state index in [1.54, 1.807) is 13.2 Å². The van der Waals surface area contributed by atoms with Crippen LogP contribution in [0.15, 0.2) is 6.20 Å². The Kier molecular flexibility index (Phi) is 3.67. The van der Waals surface area contributed by atoms with Gasteiger partial charge in [-0.2, -0.15) is 0 Å². The third-order valence-corrected chi connectivity index (χ3v) is 1.72. The van der Waals surface area contributed by atoms with Crippen LogP contribution < -0.4 is 5.73 Å². The highest BCUT2D eigenvalue weighted by Gasteiger charge is 2.12. The maximum Gasteiger partial charge on any atom is 0.374 e. The minimum Gasteiger partial charge on any atom is -0.463 e. The molecule has 6 nitrogen and oxygen atoms in total. The van der Waals surface area contributed by atoms with E-state index in [0.29, 0.717) is 5.69 Å². The number of primary amides is 1. The van der Waals surface area contributed by atoms with Gasteiger partial charge in [0.25, 0.3) is 0 Å². The Hall–Kier alpha value is -2.29. The molecule has 0 fully saturated rings. The fraction of sp³-hybridized carbons (Fsp3) is 0.300. The van der Waals surface area contributed by atoms with Gasteiger partial charge in [-0.3, -0.25) is 4.79 Å². The lowest BCUT2D eigenvalue weighted by molar-refractivity contribution is -0.117. The van der Waals surface area contributed by atoms with Crippen molar-refractivity contribution < 1.29 is 14.3 Å². The molecule has 0 atom stereocenters. The van der Waals surface area contributed by atoms with Gasteiger partial charge in [0.1, 0.15) is 5.69 Å². The molecule has 0 spiro atoms. The van der Waals surface area contributed by atoms with E-state index in [1.807, 2.05) is 0 Å². The summed E-state index contributed by atoms with van der Waals surface area (Å²) in [4.78, 5) is 25.6. The molecular formula is C10H11N3O3. The highest BCUT2D eigenvalue weighted by Crippen LogP contribution is 2.01. The quantitative estimate of drug-likeness (QED) is 0.535. The van der Waals surface area contributed by atoms with Gasteiger partial charge in [-0.05, 0) is 5.92 Å². The van der Waals surface area contributed by atoms with Gasteiger partial charge in [0.2, 0.25) is 11.7 Å². The Labute approximate surface area is 92.4 Å². The highest BCUT2D eigenvalue weighted by atomic mass is 16.5. The van der Waals surface area contributed by atoms with Crippen LogP contribution in [0.5, 0.6) is 0 Å². The molecular weight excluding hydrogens is 210 g/mol. The summed E-state index contributed by atoms with van der Waals surface area (Å²) < 4.78 is 6.03. The normalized spacial score (nSPS) is 9.12. The molecule has 1 aromatic heterocycles. The molecule has 1 amide bonds. The van der Waals surface area contributed by atoms with Crippen LogP contribution in [0.25, 0.3) is 0 Å². The zero-order valence-corrected chi connectivity index (χ0v) is 8.98. The number of methoxy groups -OCH3 is 1. The molecule has 0 bridgehead atoms. The molecule has 1 heterocycles. The van der Waals surface area contributed by atoms with E-state index in [9.17, 15) is 9.59 Å². The molecule has 0 aromatic carbocycles. The summed E-state index contributed by atoms with van der Waals surface area (Å²) in [7, 11) is 2.92. The van der Waals surface area contributed by atoms with Crippen molar-refractivity contribution in [2.45, 2.75) is 6.42 Å². The molecule has 0 unspecified atom stereocenters. The van der Waals surface area contributed by atoms with Crippen molar-refractivity contribution >= 4 is 11.9 Å². The molecule has 0 aliphatic carbocycles. The Balaban J connectivity index is 2.87. The fourth-order valence-corrected chi connectivity index (χ4v) is 1.03. The molecule has 0 saturated heterocycles. The summed E-state index contributed by atoms with van der Waals surface area (Å²) in [5.41, 5.74) is 5.31. The number of hydrogen-bond acceptors (Lipinski definition) is 4. The Morgan fingerprint density at radius 2 is 2.31 bits per heavy atom. The minimum atomic E-state index is -0.537. The average Bonchev–Trinajstić information content (AvgIpc) is 2.58. The summed E-state index contributed by atoms with van der Waals surface area (Å²) in [6, 6.07) is 0. The van der Waals surface area contributed by atoms with E-state index < -0.39 is 11.9 Å². The number of carbonyl (C=O) groups is 2. The Morgan fingerprint density at radius 3 is 2.88 bits per heavy atom. The van der Waals surface area contributed by atoms with Crippen molar-refractivity contribution in [1.82, 2.24) is 9.55 Å². The molecule has 84 valence electrons. The second-order valence-electron chi connectivity index (χ2n) is 3.00. The number of carbonyl (C=O) groups excluding carboxylic acids is 2. The molecule has 0 radical (unpaired) electrons. The molecule has 1 rings (SSSR count). The number of ether oxygens (including phenoxy) is 1. The number of imidazole rings is 1. The molecule has 16 heavy (non-hydrogen) atoms. The maximum absolute atomic E-state index is 11.2. The number of aromatic nitrogens is 2. The number of nitrogens with two attached hydrogens (primary N) is 1. The fourth-order valence-electron chi connectivity index (χ4n) is 1.03. The maximum atomic E-state index is 11.2. The van der Waals surface area contributed by atoms with E-state index in [-0.39, 0.29) is 12.2 Å². The summed E-state index contributed by atoms with van der Waals surface area (Å²) in [5.74, 6) is 4.29. The summed E-state index contributed by atoms with van der Waals surface area (Å²) in [5, 5.41) is 0. The molecule has 0 aliphatic heterocycles. The van der Waals surface area contributed by atoms with E-state index in [2.05, 4.69) is 21.6 Å². The van der Waals surface area contributed by atoms with Gasteiger partial charge in [-0.1, -0.05) is 5.92 Å². The first-order valence-corrected chi connectivity index (χ1v) is 4.43. The van der Waals surface area contributed by atoms with Crippen molar-refractivity contribution in [3.63, 3.8) is 0 Å². The third-order valence-electron chi connectivity index (χ3n) is 1.72. The van der Waals surface area contributed by atoms with Gasteiger partial charge in [-0.15, -0.1) is 0 Å². The molecule has 0 aliphatic rings. The van der Waals surface area contributed by atoms with Crippen LogP contribution in [0.4, 0.5) is 0 Å². The zero-order chi connectivity index (χ0) is 12.1. The lowest BCUT2D eigenvalue weighted by atomic mass is 10.4. The van der Waals surface area contributed by atoms with Crippen LogP contribution in [0.1, 0.15) is 22.7 Å². The second-order valence-corrected chi connectivity index (χ2v) is 3.00.